The first kappa shape index (κ1) is 10.7. The Labute approximate surface area is 90.2 Å². The number of ether oxygens (including phenoxy) is 1. The first-order chi connectivity index (χ1) is 7.15. The fourth-order valence-electron chi connectivity index (χ4n) is 2.86. The molecule has 0 radical (unpaired) electrons. The minimum atomic E-state index is -0.0435. The van der Waals surface area contributed by atoms with Crippen molar-refractivity contribution in [3.05, 3.63) is 0 Å². The molecule has 15 heavy (non-hydrogen) atoms. The van der Waals surface area contributed by atoms with Crippen LogP contribution in [0.1, 0.15) is 45.4 Å². The molecular weight excluding hydrogens is 192 g/mol. The van der Waals surface area contributed by atoms with E-state index in [1.54, 1.807) is 0 Å². The SMILES string of the molecule is CCOC(=O)C1CCC2(CC1)CC(=O)C2. The molecule has 2 aliphatic carbocycles. The molecule has 2 aliphatic rings. The lowest BCUT2D eigenvalue weighted by atomic mass is 9.58. The van der Waals surface area contributed by atoms with Gasteiger partial charge in [0.15, 0.2) is 0 Å². The quantitative estimate of drug-likeness (QED) is 0.655. The van der Waals surface area contributed by atoms with Gasteiger partial charge in [0, 0.05) is 12.8 Å². The van der Waals surface area contributed by atoms with E-state index >= 15 is 0 Å². The van der Waals surface area contributed by atoms with E-state index in [0.717, 1.165) is 38.5 Å². The lowest BCUT2D eigenvalue weighted by molar-refractivity contribution is -0.151. The zero-order chi connectivity index (χ0) is 10.9. The minimum Gasteiger partial charge on any atom is -0.466 e. The molecule has 0 amide bonds. The summed E-state index contributed by atoms with van der Waals surface area (Å²) in [5.74, 6) is 0.439. The van der Waals surface area contributed by atoms with Crippen molar-refractivity contribution in [1.82, 2.24) is 0 Å². The van der Waals surface area contributed by atoms with Gasteiger partial charge in [-0.3, -0.25) is 9.59 Å². The van der Waals surface area contributed by atoms with Crippen LogP contribution in [-0.4, -0.2) is 18.4 Å². The van der Waals surface area contributed by atoms with Gasteiger partial charge in [0.25, 0.3) is 0 Å². The molecule has 3 nitrogen and oxygen atoms in total. The number of hydrogen-bond donors (Lipinski definition) is 0. The Hall–Kier alpha value is -0.860. The van der Waals surface area contributed by atoms with Gasteiger partial charge >= 0.3 is 5.97 Å². The predicted molar refractivity (Wildman–Crippen MR) is 55.3 cm³/mol. The number of esters is 1. The first-order valence-corrected chi connectivity index (χ1v) is 5.83. The standard InChI is InChI=1S/C12H18O3/c1-2-15-11(14)9-3-5-12(6-4-9)7-10(13)8-12/h9H,2-8H2,1H3. The highest BCUT2D eigenvalue weighted by Crippen LogP contribution is 2.50. The van der Waals surface area contributed by atoms with Crippen LogP contribution in [0.2, 0.25) is 0 Å². The second-order valence-electron chi connectivity index (χ2n) is 4.92. The molecule has 0 aromatic rings. The normalized spacial score (nSPS) is 25.0. The zero-order valence-corrected chi connectivity index (χ0v) is 9.25. The van der Waals surface area contributed by atoms with Crippen molar-refractivity contribution in [2.45, 2.75) is 45.4 Å². The Bertz CT molecular complexity index is 265. The summed E-state index contributed by atoms with van der Waals surface area (Å²) in [6.45, 7) is 2.31. The zero-order valence-electron chi connectivity index (χ0n) is 9.25. The third-order valence-electron chi connectivity index (χ3n) is 3.81. The highest BCUT2D eigenvalue weighted by Gasteiger charge is 2.46. The topological polar surface area (TPSA) is 43.4 Å². The van der Waals surface area contributed by atoms with Crippen molar-refractivity contribution in [2.24, 2.45) is 11.3 Å². The van der Waals surface area contributed by atoms with Crippen molar-refractivity contribution < 1.29 is 14.3 Å². The summed E-state index contributed by atoms with van der Waals surface area (Å²) < 4.78 is 5.02. The Kier molecular flexibility index (Phi) is 2.81. The van der Waals surface area contributed by atoms with Crippen molar-refractivity contribution in [3.63, 3.8) is 0 Å². The molecule has 0 N–H and O–H groups in total. The number of hydrogen-bond acceptors (Lipinski definition) is 3. The van der Waals surface area contributed by atoms with Crippen LogP contribution in [0.4, 0.5) is 0 Å². The van der Waals surface area contributed by atoms with Crippen LogP contribution >= 0.6 is 0 Å². The van der Waals surface area contributed by atoms with Gasteiger partial charge in [0.05, 0.1) is 12.5 Å². The van der Waals surface area contributed by atoms with E-state index in [4.69, 9.17) is 4.74 Å². The smallest absolute Gasteiger partial charge is 0.308 e. The summed E-state index contributed by atoms with van der Waals surface area (Å²) in [4.78, 5) is 22.5. The third-order valence-corrected chi connectivity index (χ3v) is 3.81. The summed E-state index contributed by atoms with van der Waals surface area (Å²) in [6.07, 6.45) is 5.38. The van der Waals surface area contributed by atoms with Gasteiger partial charge in [0.1, 0.15) is 5.78 Å². The van der Waals surface area contributed by atoms with Crippen molar-refractivity contribution in [1.29, 1.82) is 0 Å². The van der Waals surface area contributed by atoms with E-state index in [0.29, 0.717) is 12.4 Å². The molecule has 1 spiro atoms. The maximum absolute atomic E-state index is 11.5. The van der Waals surface area contributed by atoms with Crippen LogP contribution in [0.15, 0.2) is 0 Å². The van der Waals surface area contributed by atoms with Crippen molar-refractivity contribution in [2.75, 3.05) is 6.61 Å². The molecular formula is C12H18O3. The monoisotopic (exact) mass is 210 g/mol. The molecule has 2 fully saturated rings. The molecule has 0 aromatic heterocycles. The van der Waals surface area contributed by atoms with Gasteiger partial charge in [-0.2, -0.15) is 0 Å². The van der Waals surface area contributed by atoms with E-state index in [1.807, 2.05) is 6.92 Å². The molecule has 84 valence electrons. The fraction of sp³-hybridized carbons (Fsp3) is 0.833. The Morgan fingerprint density at radius 3 is 2.47 bits per heavy atom. The molecule has 0 aliphatic heterocycles. The van der Waals surface area contributed by atoms with Crippen LogP contribution in [-0.2, 0) is 14.3 Å². The molecule has 0 heterocycles. The summed E-state index contributed by atoms with van der Waals surface area (Å²) in [5, 5.41) is 0. The Morgan fingerprint density at radius 2 is 2.00 bits per heavy atom. The second-order valence-corrected chi connectivity index (χ2v) is 4.92. The summed E-state index contributed by atoms with van der Waals surface area (Å²) in [6, 6.07) is 0. The maximum Gasteiger partial charge on any atom is 0.308 e. The number of carbonyl (C=O) groups is 2. The lowest BCUT2D eigenvalue weighted by Crippen LogP contribution is -2.41. The van der Waals surface area contributed by atoms with E-state index in [2.05, 4.69) is 0 Å². The van der Waals surface area contributed by atoms with Crippen LogP contribution in [0.3, 0.4) is 0 Å². The average molecular weight is 210 g/mol. The highest BCUT2D eigenvalue weighted by molar-refractivity contribution is 5.86. The molecule has 3 heteroatoms. The molecule has 0 unspecified atom stereocenters. The van der Waals surface area contributed by atoms with E-state index in [-0.39, 0.29) is 17.3 Å². The predicted octanol–water partition coefficient (Wildman–Crippen LogP) is 2.09. The fourth-order valence-corrected chi connectivity index (χ4v) is 2.86. The molecule has 0 atom stereocenters. The van der Waals surface area contributed by atoms with Gasteiger partial charge in [-0.1, -0.05) is 0 Å². The van der Waals surface area contributed by atoms with E-state index in [1.165, 1.54) is 0 Å². The van der Waals surface area contributed by atoms with Crippen LogP contribution in [0, 0.1) is 11.3 Å². The van der Waals surface area contributed by atoms with Gasteiger partial charge in [-0.25, -0.2) is 0 Å². The third kappa shape index (κ3) is 2.06. The van der Waals surface area contributed by atoms with Gasteiger partial charge in [-0.15, -0.1) is 0 Å². The highest BCUT2D eigenvalue weighted by atomic mass is 16.5. The Balaban J connectivity index is 1.82. The summed E-state index contributed by atoms with van der Waals surface area (Å²) in [5.41, 5.74) is 0.278. The number of carbonyl (C=O) groups excluding carboxylic acids is 2. The number of Topliss-reactive ketones (excluding diaryl/α,β-unsaturated/α-hetero) is 1. The molecule has 2 rings (SSSR count). The number of rotatable bonds is 2. The van der Waals surface area contributed by atoms with Gasteiger partial charge < -0.3 is 4.74 Å². The largest absolute Gasteiger partial charge is 0.466 e. The van der Waals surface area contributed by atoms with Crippen LogP contribution < -0.4 is 0 Å². The molecule has 0 aromatic carbocycles. The van der Waals surface area contributed by atoms with Crippen LogP contribution in [0.5, 0.6) is 0 Å². The molecule has 0 bridgehead atoms. The van der Waals surface area contributed by atoms with Gasteiger partial charge in [0.2, 0.25) is 0 Å². The summed E-state index contributed by atoms with van der Waals surface area (Å²) in [7, 11) is 0. The first-order valence-electron chi connectivity index (χ1n) is 5.83. The van der Waals surface area contributed by atoms with E-state index in [9.17, 15) is 9.59 Å². The maximum atomic E-state index is 11.5. The van der Waals surface area contributed by atoms with Crippen molar-refractivity contribution >= 4 is 11.8 Å². The van der Waals surface area contributed by atoms with Crippen LogP contribution in [0.25, 0.3) is 0 Å². The van der Waals surface area contributed by atoms with Crippen molar-refractivity contribution in [3.8, 4) is 0 Å². The summed E-state index contributed by atoms with van der Waals surface area (Å²) >= 11 is 0. The van der Waals surface area contributed by atoms with Gasteiger partial charge in [-0.05, 0) is 38.0 Å². The second kappa shape index (κ2) is 3.95. The molecule has 2 saturated carbocycles. The van der Waals surface area contributed by atoms with E-state index < -0.39 is 0 Å². The lowest BCUT2D eigenvalue weighted by Gasteiger charge is -2.45. The average Bonchev–Trinajstić information content (AvgIpc) is 2.17. The Morgan fingerprint density at radius 1 is 1.40 bits per heavy atom. The number of ketones is 1. The molecule has 0 saturated heterocycles. The minimum absolute atomic E-state index is 0.0435.